The molecule has 4 heteroatoms. The SMILES string of the molecule is COc1ccc(C)cc1CCNC(=O)CCC1CCNCC1. The van der Waals surface area contributed by atoms with Gasteiger partial charge in [0, 0.05) is 13.0 Å². The molecule has 1 heterocycles. The molecule has 2 N–H and O–H groups in total. The zero-order valence-corrected chi connectivity index (χ0v) is 13.8. The van der Waals surface area contributed by atoms with Crippen LogP contribution in [0.2, 0.25) is 0 Å². The number of rotatable bonds is 7. The van der Waals surface area contributed by atoms with Gasteiger partial charge in [-0.3, -0.25) is 4.79 Å². The first-order valence-electron chi connectivity index (χ1n) is 8.30. The molecular weight excluding hydrogens is 276 g/mol. The number of piperidine rings is 1. The van der Waals surface area contributed by atoms with Crippen LogP contribution in [0.15, 0.2) is 18.2 Å². The van der Waals surface area contributed by atoms with Gasteiger partial charge in [0.1, 0.15) is 5.75 Å². The number of methoxy groups -OCH3 is 1. The van der Waals surface area contributed by atoms with Crippen LogP contribution in [0.1, 0.15) is 36.8 Å². The number of carbonyl (C=O) groups is 1. The van der Waals surface area contributed by atoms with Gasteiger partial charge >= 0.3 is 0 Å². The Morgan fingerprint density at radius 2 is 2.14 bits per heavy atom. The van der Waals surface area contributed by atoms with Gasteiger partial charge in [0.2, 0.25) is 5.91 Å². The number of amides is 1. The van der Waals surface area contributed by atoms with Gasteiger partial charge in [0.25, 0.3) is 0 Å². The molecule has 0 saturated carbocycles. The van der Waals surface area contributed by atoms with E-state index < -0.39 is 0 Å². The van der Waals surface area contributed by atoms with E-state index in [0.29, 0.717) is 18.9 Å². The van der Waals surface area contributed by atoms with Crippen molar-refractivity contribution in [2.45, 2.75) is 39.0 Å². The summed E-state index contributed by atoms with van der Waals surface area (Å²) < 4.78 is 5.37. The Hall–Kier alpha value is -1.55. The predicted octanol–water partition coefficient (Wildman–Crippen LogP) is 2.44. The van der Waals surface area contributed by atoms with Crippen LogP contribution in [0.25, 0.3) is 0 Å². The summed E-state index contributed by atoms with van der Waals surface area (Å²) in [5.41, 5.74) is 2.37. The quantitative estimate of drug-likeness (QED) is 0.813. The number of ether oxygens (including phenoxy) is 1. The zero-order chi connectivity index (χ0) is 15.8. The van der Waals surface area contributed by atoms with Crippen LogP contribution in [0.4, 0.5) is 0 Å². The lowest BCUT2D eigenvalue weighted by Gasteiger charge is -2.22. The van der Waals surface area contributed by atoms with Gasteiger partial charge in [0.15, 0.2) is 0 Å². The average Bonchev–Trinajstić information content (AvgIpc) is 2.54. The lowest BCUT2D eigenvalue weighted by Crippen LogP contribution is -2.30. The van der Waals surface area contributed by atoms with E-state index in [9.17, 15) is 4.79 Å². The lowest BCUT2D eigenvalue weighted by atomic mass is 9.93. The first-order valence-corrected chi connectivity index (χ1v) is 8.30. The van der Waals surface area contributed by atoms with Crippen molar-refractivity contribution in [2.75, 3.05) is 26.7 Å². The number of hydrogen-bond acceptors (Lipinski definition) is 3. The minimum atomic E-state index is 0.171. The second-order valence-electron chi connectivity index (χ2n) is 6.15. The minimum absolute atomic E-state index is 0.171. The van der Waals surface area contributed by atoms with Crippen LogP contribution in [-0.4, -0.2) is 32.7 Å². The first-order chi connectivity index (χ1) is 10.7. The molecule has 0 spiro atoms. The summed E-state index contributed by atoms with van der Waals surface area (Å²) in [6.45, 7) is 4.93. The van der Waals surface area contributed by atoms with Crippen LogP contribution in [-0.2, 0) is 11.2 Å². The Labute approximate surface area is 133 Å². The molecule has 122 valence electrons. The van der Waals surface area contributed by atoms with E-state index in [-0.39, 0.29) is 5.91 Å². The van der Waals surface area contributed by atoms with Crippen LogP contribution < -0.4 is 15.4 Å². The molecule has 0 atom stereocenters. The Morgan fingerprint density at radius 1 is 1.36 bits per heavy atom. The van der Waals surface area contributed by atoms with Crippen molar-refractivity contribution in [3.8, 4) is 5.75 Å². The van der Waals surface area contributed by atoms with Crippen molar-refractivity contribution in [1.29, 1.82) is 0 Å². The maximum atomic E-state index is 11.9. The fourth-order valence-corrected chi connectivity index (χ4v) is 3.03. The fourth-order valence-electron chi connectivity index (χ4n) is 3.03. The van der Waals surface area contributed by atoms with Crippen LogP contribution in [0.5, 0.6) is 5.75 Å². The highest BCUT2D eigenvalue weighted by atomic mass is 16.5. The third-order valence-electron chi connectivity index (χ3n) is 4.39. The number of aryl methyl sites for hydroxylation is 1. The molecule has 22 heavy (non-hydrogen) atoms. The van der Waals surface area contributed by atoms with Crippen molar-refractivity contribution < 1.29 is 9.53 Å². The Kier molecular flexibility index (Phi) is 6.72. The summed E-state index contributed by atoms with van der Waals surface area (Å²) in [5, 5.41) is 6.39. The highest BCUT2D eigenvalue weighted by molar-refractivity contribution is 5.75. The molecule has 1 saturated heterocycles. The van der Waals surface area contributed by atoms with E-state index in [0.717, 1.165) is 37.2 Å². The van der Waals surface area contributed by atoms with Crippen LogP contribution >= 0.6 is 0 Å². The molecule has 2 rings (SSSR count). The van der Waals surface area contributed by atoms with E-state index >= 15 is 0 Å². The van der Waals surface area contributed by atoms with Gasteiger partial charge in [0.05, 0.1) is 7.11 Å². The standard InChI is InChI=1S/C18H28N2O2/c1-14-3-5-17(22-2)16(13-14)9-12-20-18(21)6-4-15-7-10-19-11-8-15/h3,5,13,15,19H,4,6-12H2,1-2H3,(H,20,21). The number of hydrogen-bond donors (Lipinski definition) is 2. The van der Waals surface area contributed by atoms with E-state index in [1.807, 2.05) is 12.1 Å². The molecular formula is C18H28N2O2. The first kappa shape index (κ1) is 16.8. The highest BCUT2D eigenvalue weighted by Crippen LogP contribution is 2.20. The molecule has 1 aliphatic heterocycles. The van der Waals surface area contributed by atoms with Crippen LogP contribution in [0.3, 0.4) is 0 Å². The largest absolute Gasteiger partial charge is 0.496 e. The molecule has 4 nitrogen and oxygen atoms in total. The van der Waals surface area contributed by atoms with E-state index in [4.69, 9.17) is 4.74 Å². The van der Waals surface area contributed by atoms with E-state index in [2.05, 4.69) is 23.6 Å². The van der Waals surface area contributed by atoms with Gasteiger partial charge in [-0.1, -0.05) is 17.7 Å². The normalized spacial score (nSPS) is 15.5. The van der Waals surface area contributed by atoms with Crippen LogP contribution in [0, 0.1) is 12.8 Å². The second kappa shape index (κ2) is 8.79. The second-order valence-corrected chi connectivity index (χ2v) is 6.15. The number of nitrogens with one attached hydrogen (secondary N) is 2. The fraction of sp³-hybridized carbons (Fsp3) is 0.611. The van der Waals surface area contributed by atoms with E-state index in [1.165, 1.54) is 18.4 Å². The smallest absolute Gasteiger partial charge is 0.220 e. The molecule has 0 unspecified atom stereocenters. The molecule has 1 aromatic carbocycles. The Morgan fingerprint density at radius 3 is 2.86 bits per heavy atom. The Balaban J connectivity index is 1.69. The average molecular weight is 304 g/mol. The summed E-state index contributed by atoms with van der Waals surface area (Å²) in [7, 11) is 1.69. The summed E-state index contributed by atoms with van der Waals surface area (Å²) in [5.74, 6) is 1.78. The molecule has 0 aromatic heterocycles. The molecule has 0 bridgehead atoms. The monoisotopic (exact) mass is 304 g/mol. The van der Waals surface area contributed by atoms with Crippen molar-refractivity contribution in [1.82, 2.24) is 10.6 Å². The molecule has 1 fully saturated rings. The number of benzene rings is 1. The maximum Gasteiger partial charge on any atom is 0.220 e. The summed E-state index contributed by atoms with van der Waals surface area (Å²) in [4.78, 5) is 11.9. The molecule has 1 aliphatic rings. The lowest BCUT2D eigenvalue weighted by molar-refractivity contribution is -0.121. The Bertz CT molecular complexity index is 482. The molecule has 0 radical (unpaired) electrons. The van der Waals surface area contributed by atoms with Gasteiger partial charge in [-0.05, 0) is 63.2 Å². The maximum absolute atomic E-state index is 11.9. The van der Waals surface area contributed by atoms with Crippen molar-refractivity contribution in [3.63, 3.8) is 0 Å². The van der Waals surface area contributed by atoms with Crippen molar-refractivity contribution >= 4 is 5.91 Å². The zero-order valence-electron chi connectivity index (χ0n) is 13.8. The molecule has 1 amide bonds. The highest BCUT2D eigenvalue weighted by Gasteiger charge is 2.14. The minimum Gasteiger partial charge on any atom is -0.496 e. The summed E-state index contributed by atoms with van der Waals surface area (Å²) >= 11 is 0. The third-order valence-corrected chi connectivity index (χ3v) is 4.39. The number of carbonyl (C=O) groups excluding carboxylic acids is 1. The predicted molar refractivity (Wildman–Crippen MR) is 89.3 cm³/mol. The summed E-state index contributed by atoms with van der Waals surface area (Å²) in [6.07, 6.45) is 4.88. The van der Waals surface area contributed by atoms with Gasteiger partial charge in [-0.2, -0.15) is 0 Å². The molecule has 1 aromatic rings. The topological polar surface area (TPSA) is 50.4 Å². The van der Waals surface area contributed by atoms with Gasteiger partial charge < -0.3 is 15.4 Å². The van der Waals surface area contributed by atoms with E-state index in [1.54, 1.807) is 7.11 Å². The van der Waals surface area contributed by atoms with Crippen molar-refractivity contribution in [3.05, 3.63) is 29.3 Å². The third kappa shape index (κ3) is 5.34. The van der Waals surface area contributed by atoms with Gasteiger partial charge in [-0.25, -0.2) is 0 Å². The molecule has 0 aliphatic carbocycles. The van der Waals surface area contributed by atoms with Crippen molar-refractivity contribution in [2.24, 2.45) is 5.92 Å². The summed E-state index contributed by atoms with van der Waals surface area (Å²) in [6, 6.07) is 6.16. The van der Waals surface area contributed by atoms with Gasteiger partial charge in [-0.15, -0.1) is 0 Å².